The van der Waals surface area contributed by atoms with Crippen LogP contribution in [0.3, 0.4) is 0 Å². The molecule has 6 nitrogen and oxygen atoms in total. The maximum absolute atomic E-state index is 12.3. The van der Waals surface area contributed by atoms with Gasteiger partial charge in [0.2, 0.25) is 5.91 Å². The van der Waals surface area contributed by atoms with Gasteiger partial charge in [0.25, 0.3) is 5.91 Å². The molecule has 0 saturated carbocycles. The van der Waals surface area contributed by atoms with Crippen LogP contribution in [-0.4, -0.2) is 30.9 Å². The van der Waals surface area contributed by atoms with Gasteiger partial charge in [-0.2, -0.15) is 0 Å². The number of benzene rings is 2. The Hall–Kier alpha value is -2.57. The van der Waals surface area contributed by atoms with Gasteiger partial charge < -0.3 is 15.0 Å². The van der Waals surface area contributed by atoms with E-state index in [1.807, 2.05) is 0 Å². The molecular weight excluding hydrogens is 403 g/mol. The second kappa shape index (κ2) is 8.63. The summed E-state index contributed by atoms with van der Waals surface area (Å²) in [6, 6.07) is 12.0. The molecule has 0 aromatic heterocycles. The molecule has 8 heteroatoms. The third kappa shape index (κ3) is 4.64. The van der Waals surface area contributed by atoms with Crippen LogP contribution in [0.25, 0.3) is 0 Å². The maximum Gasteiger partial charge on any atom is 0.311 e. The smallest absolute Gasteiger partial charge is 0.311 e. The maximum atomic E-state index is 12.3. The Morgan fingerprint density at radius 3 is 2.71 bits per heavy atom. The van der Waals surface area contributed by atoms with E-state index < -0.39 is 24.4 Å². The third-order valence-electron chi connectivity index (χ3n) is 4.47. The third-order valence-corrected chi connectivity index (χ3v) is 5.11. The van der Waals surface area contributed by atoms with Crippen LogP contribution in [0.4, 0.5) is 11.4 Å². The van der Waals surface area contributed by atoms with E-state index in [-0.39, 0.29) is 18.9 Å². The first-order valence-electron chi connectivity index (χ1n) is 8.62. The monoisotopic (exact) mass is 420 g/mol. The summed E-state index contributed by atoms with van der Waals surface area (Å²) in [6.07, 6.45) is 0.0281. The molecule has 1 fully saturated rings. The molecule has 0 radical (unpaired) electrons. The van der Waals surface area contributed by atoms with Gasteiger partial charge in [0.15, 0.2) is 6.61 Å². The van der Waals surface area contributed by atoms with Gasteiger partial charge in [0.05, 0.1) is 5.92 Å². The average Bonchev–Trinajstić information content (AvgIpc) is 3.05. The minimum Gasteiger partial charge on any atom is -0.455 e. The molecule has 146 valence electrons. The first-order valence-corrected chi connectivity index (χ1v) is 9.38. The molecule has 1 N–H and O–H groups in total. The number of hydrogen-bond donors (Lipinski definition) is 1. The molecule has 1 atom stereocenters. The molecule has 1 saturated heterocycles. The van der Waals surface area contributed by atoms with Crippen LogP contribution in [0, 0.1) is 12.8 Å². The highest BCUT2D eigenvalue weighted by molar-refractivity contribution is 6.31. The minimum absolute atomic E-state index is 0.0281. The van der Waals surface area contributed by atoms with Gasteiger partial charge in [-0.3, -0.25) is 14.4 Å². The topological polar surface area (TPSA) is 75.7 Å². The predicted octanol–water partition coefficient (Wildman–Crippen LogP) is 3.84. The zero-order valence-electron chi connectivity index (χ0n) is 15.1. The number of rotatable bonds is 5. The number of halogens is 2. The largest absolute Gasteiger partial charge is 0.455 e. The van der Waals surface area contributed by atoms with Crippen LogP contribution in [-0.2, 0) is 19.1 Å². The molecule has 28 heavy (non-hydrogen) atoms. The van der Waals surface area contributed by atoms with E-state index in [0.717, 1.165) is 5.56 Å². The summed E-state index contributed by atoms with van der Waals surface area (Å²) < 4.78 is 5.10. The minimum atomic E-state index is -0.632. The zero-order valence-corrected chi connectivity index (χ0v) is 16.6. The van der Waals surface area contributed by atoms with Crippen molar-refractivity contribution in [2.24, 2.45) is 5.92 Å². The SMILES string of the molecule is Cc1c(Cl)cccc1NC(=O)COC(=O)[C@@H]1CC(=O)N(c2cccc(Cl)c2)C1. The van der Waals surface area contributed by atoms with E-state index in [9.17, 15) is 14.4 Å². The molecule has 0 unspecified atom stereocenters. The van der Waals surface area contributed by atoms with Gasteiger partial charge in [-0.05, 0) is 42.8 Å². The Labute approximate surface area is 172 Å². The molecule has 2 aromatic rings. The summed E-state index contributed by atoms with van der Waals surface area (Å²) in [6.45, 7) is 1.53. The lowest BCUT2D eigenvalue weighted by molar-refractivity contribution is -0.151. The van der Waals surface area contributed by atoms with Crippen LogP contribution >= 0.6 is 23.2 Å². The molecule has 1 heterocycles. The highest BCUT2D eigenvalue weighted by Gasteiger charge is 2.36. The number of hydrogen-bond acceptors (Lipinski definition) is 4. The van der Waals surface area contributed by atoms with Crippen molar-refractivity contribution in [3.8, 4) is 0 Å². The lowest BCUT2D eigenvalue weighted by Gasteiger charge is -2.16. The molecular formula is C20H18Cl2N2O4. The van der Waals surface area contributed by atoms with Crippen LogP contribution in [0.15, 0.2) is 42.5 Å². The van der Waals surface area contributed by atoms with Gasteiger partial charge in [-0.1, -0.05) is 35.3 Å². The van der Waals surface area contributed by atoms with Crippen molar-refractivity contribution < 1.29 is 19.1 Å². The summed E-state index contributed by atoms with van der Waals surface area (Å²) in [4.78, 5) is 38.1. The Bertz CT molecular complexity index is 932. The number of esters is 1. The molecule has 0 bridgehead atoms. The second-order valence-corrected chi connectivity index (χ2v) is 7.30. The van der Waals surface area contributed by atoms with Crippen LogP contribution in [0.1, 0.15) is 12.0 Å². The lowest BCUT2D eigenvalue weighted by atomic mass is 10.1. The summed E-state index contributed by atoms with van der Waals surface area (Å²) in [5.41, 5.74) is 1.90. The summed E-state index contributed by atoms with van der Waals surface area (Å²) in [5, 5.41) is 3.69. The quantitative estimate of drug-likeness (QED) is 0.745. The summed E-state index contributed by atoms with van der Waals surface area (Å²) >= 11 is 12.0. The zero-order chi connectivity index (χ0) is 20.3. The fraction of sp³-hybridized carbons (Fsp3) is 0.250. The van der Waals surface area contributed by atoms with E-state index in [1.54, 1.807) is 49.4 Å². The standard InChI is InChI=1S/C20H18Cl2N2O4/c1-12-16(22)6-3-7-17(12)23-18(25)11-28-20(27)13-8-19(26)24(10-13)15-5-2-4-14(21)9-15/h2-7,9,13H,8,10-11H2,1H3,(H,23,25)/t13-/m1/s1. The van der Waals surface area contributed by atoms with Gasteiger partial charge in [0.1, 0.15) is 0 Å². The van der Waals surface area contributed by atoms with Crippen molar-refractivity contribution in [3.05, 3.63) is 58.1 Å². The average molecular weight is 421 g/mol. The van der Waals surface area contributed by atoms with Gasteiger partial charge >= 0.3 is 5.97 Å². The molecule has 2 amide bonds. The molecule has 0 spiro atoms. The number of nitrogens with one attached hydrogen (secondary N) is 1. The van der Waals surface area contributed by atoms with E-state index in [2.05, 4.69) is 5.32 Å². The van der Waals surface area contributed by atoms with Crippen molar-refractivity contribution >= 4 is 52.4 Å². The fourth-order valence-corrected chi connectivity index (χ4v) is 3.30. The molecule has 0 aliphatic carbocycles. The molecule has 3 rings (SSSR count). The number of carbonyl (C=O) groups is 3. The molecule has 2 aromatic carbocycles. The lowest BCUT2D eigenvalue weighted by Crippen LogP contribution is -2.28. The Balaban J connectivity index is 1.54. The highest BCUT2D eigenvalue weighted by Crippen LogP contribution is 2.28. The number of amides is 2. The van der Waals surface area contributed by atoms with E-state index in [1.165, 1.54) is 4.90 Å². The van der Waals surface area contributed by atoms with Crippen molar-refractivity contribution in [2.45, 2.75) is 13.3 Å². The fourth-order valence-electron chi connectivity index (χ4n) is 2.94. The highest BCUT2D eigenvalue weighted by atomic mass is 35.5. The van der Waals surface area contributed by atoms with E-state index in [0.29, 0.717) is 21.4 Å². The Morgan fingerprint density at radius 2 is 1.96 bits per heavy atom. The number of anilines is 2. The van der Waals surface area contributed by atoms with Crippen LogP contribution in [0.5, 0.6) is 0 Å². The first-order chi connectivity index (χ1) is 13.3. The second-order valence-electron chi connectivity index (χ2n) is 6.45. The van der Waals surface area contributed by atoms with Gasteiger partial charge in [-0.15, -0.1) is 0 Å². The number of ether oxygens (including phenoxy) is 1. The van der Waals surface area contributed by atoms with Gasteiger partial charge in [-0.25, -0.2) is 0 Å². The number of carbonyl (C=O) groups excluding carboxylic acids is 3. The predicted molar refractivity (Wildman–Crippen MR) is 108 cm³/mol. The van der Waals surface area contributed by atoms with Crippen molar-refractivity contribution in [3.63, 3.8) is 0 Å². The summed E-state index contributed by atoms with van der Waals surface area (Å²) in [7, 11) is 0. The first kappa shape index (κ1) is 20.2. The van der Waals surface area contributed by atoms with Gasteiger partial charge in [0, 0.05) is 34.4 Å². The van der Waals surface area contributed by atoms with Crippen LogP contribution < -0.4 is 10.2 Å². The van der Waals surface area contributed by atoms with Crippen molar-refractivity contribution in [1.29, 1.82) is 0 Å². The van der Waals surface area contributed by atoms with E-state index in [4.69, 9.17) is 27.9 Å². The Morgan fingerprint density at radius 1 is 1.21 bits per heavy atom. The van der Waals surface area contributed by atoms with E-state index >= 15 is 0 Å². The molecule has 1 aliphatic rings. The summed E-state index contributed by atoms with van der Waals surface area (Å²) in [5.74, 6) is -1.89. The van der Waals surface area contributed by atoms with Crippen molar-refractivity contribution in [2.75, 3.05) is 23.4 Å². The molecule has 1 aliphatic heterocycles. The number of nitrogens with zero attached hydrogens (tertiary/aromatic N) is 1. The normalized spacial score (nSPS) is 16.2. The van der Waals surface area contributed by atoms with Crippen molar-refractivity contribution in [1.82, 2.24) is 0 Å². The van der Waals surface area contributed by atoms with Crippen LogP contribution in [0.2, 0.25) is 10.0 Å². The Kier molecular flexibility index (Phi) is 6.21.